The lowest BCUT2D eigenvalue weighted by Crippen LogP contribution is -2.01. The smallest absolute Gasteiger partial charge is 0.308 e. The molecule has 0 aliphatic heterocycles. The molecule has 5 heteroatoms. The van der Waals surface area contributed by atoms with Crippen molar-refractivity contribution in [2.75, 3.05) is 0 Å². The summed E-state index contributed by atoms with van der Waals surface area (Å²) in [6.45, 7) is 1.11. The number of benzene rings is 1. The summed E-state index contributed by atoms with van der Waals surface area (Å²) in [5.41, 5.74) is 0. The molecule has 5 nitrogen and oxygen atoms in total. The Balaban J connectivity index is 3.17. The Bertz CT molecular complexity index is 345. The van der Waals surface area contributed by atoms with E-state index in [1.54, 1.807) is 0 Å². The van der Waals surface area contributed by atoms with E-state index in [9.17, 15) is 4.79 Å². The third-order valence-corrected chi connectivity index (χ3v) is 1.34. The zero-order chi connectivity index (χ0) is 10.0. The minimum absolute atomic E-state index is 0.412. The van der Waals surface area contributed by atoms with Crippen LogP contribution in [0.15, 0.2) is 12.1 Å². The summed E-state index contributed by atoms with van der Waals surface area (Å²) < 4.78 is 4.46. The van der Waals surface area contributed by atoms with Gasteiger partial charge >= 0.3 is 5.97 Å². The monoisotopic (exact) mass is 184 g/mol. The molecule has 70 valence electrons. The molecule has 0 saturated heterocycles. The predicted octanol–water partition coefficient (Wildman–Crippen LogP) is 0.729. The maximum atomic E-state index is 10.5. The van der Waals surface area contributed by atoms with Crippen LogP contribution in [-0.4, -0.2) is 21.3 Å². The van der Waals surface area contributed by atoms with E-state index in [-0.39, 0.29) is 0 Å². The first-order valence-electron chi connectivity index (χ1n) is 3.44. The van der Waals surface area contributed by atoms with Crippen LogP contribution in [0.1, 0.15) is 6.92 Å². The van der Waals surface area contributed by atoms with Crippen LogP contribution < -0.4 is 4.74 Å². The molecule has 1 aromatic rings. The van der Waals surface area contributed by atoms with Crippen molar-refractivity contribution in [3.05, 3.63) is 12.1 Å². The van der Waals surface area contributed by atoms with Gasteiger partial charge < -0.3 is 20.1 Å². The fourth-order valence-electron chi connectivity index (χ4n) is 0.794. The van der Waals surface area contributed by atoms with E-state index >= 15 is 0 Å². The Kier molecular flexibility index (Phi) is 2.27. The number of ether oxygens (including phenoxy) is 1. The second-order valence-corrected chi connectivity index (χ2v) is 2.38. The Morgan fingerprint density at radius 3 is 2.31 bits per heavy atom. The van der Waals surface area contributed by atoms with Gasteiger partial charge in [-0.1, -0.05) is 0 Å². The summed E-state index contributed by atoms with van der Waals surface area (Å²) in [7, 11) is 0. The van der Waals surface area contributed by atoms with E-state index in [0.717, 1.165) is 19.1 Å². The van der Waals surface area contributed by atoms with E-state index in [4.69, 9.17) is 15.3 Å². The number of hydrogen-bond acceptors (Lipinski definition) is 5. The van der Waals surface area contributed by atoms with Crippen LogP contribution in [0.3, 0.4) is 0 Å². The number of phenols is 3. The zero-order valence-electron chi connectivity index (χ0n) is 6.81. The standard InChI is InChI=1S/C8H8O5/c1-4(9)13-8-6(11)3-2-5(10)7(8)12/h2-3,10-12H,1H3. The normalized spacial score (nSPS) is 9.62. The van der Waals surface area contributed by atoms with Gasteiger partial charge in [0.25, 0.3) is 0 Å². The van der Waals surface area contributed by atoms with Crippen LogP contribution in [0.4, 0.5) is 0 Å². The van der Waals surface area contributed by atoms with Crippen LogP contribution in [0.5, 0.6) is 23.0 Å². The maximum Gasteiger partial charge on any atom is 0.308 e. The second kappa shape index (κ2) is 3.22. The molecule has 0 bridgehead atoms. The van der Waals surface area contributed by atoms with Crippen molar-refractivity contribution in [3.63, 3.8) is 0 Å². The fourth-order valence-corrected chi connectivity index (χ4v) is 0.794. The summed E-state index contributed by atoms with van der Waals surface area (Å²) >= 11 is 0. The molecule has 0 saturated carbocycles. The number of aromatic hydroxyl groups is 3. The highest BCUT2D eigenvalue weighted by molar-refractivity contribution is 5.72. The van der Waals surface area contributed by atoms with Crippen molar-refractivity contribution >= 4 is 5.97 Å². The topological polar surface area (TPSA) is 87.0 Å². The first-order valence-corrected chi connectivity index (χ1v) is 3.44. The number of carbonyl (C=O) groups excluding carboxylic acids is 1. The molecule has 0 heterocycles. The van der Waals surface area contributed by atoms with Gasteiger partial charge in [0.15, 0.2) is 11.5 Å². The van der Waals surface area contributed by atoms with Crippen molar-refractivity contribution < 1.29 is 24.9 Å². The highest BCUT2D eigenvalue weighted by Gasteiger charge is 2.14. The van der Waals surface area contributed by atoms with Crippen molar-refractivity contribution in [1.29, 1.82) is 0 Å². The molecule has 0 fully saturated rings. The average Bonchev–Trinajstić information content (AvgIpc) is 2.05. The van der Waals surface area contributed by atoms with Crippen molar-refractivity contribution in [1.82, 2.24) is 0 Å². The van der Waals surface area contributed by atoms with Gasteiger partial charge in [-0.2, -0.15) is 0 Å². The Labute approximate surface area is 73.8 Å². The first kappa shape index (κ1) is 9.18. The Hall–Kier alpha value is -1.91. The van der Waals surface area contributed by atoms with Gasteiger partial charge in [-0.3, -0.25) is 4.79 Å². The van der Waals surface area contributed by atoms with Gasteiger partial charge in [-0.05, 0) is 12.1 Å². The molecule has 0 unspecified atom stereocenters. The van der Waals surface area contributed by atoms with Crippen LogP contribution >= 0.6 is 0 Å². The summed E-state index contributed by atoms with van der Waals surface area (Å²) in [5, 5.41) is 27.2. The zero-order valence-corrected chi connectivity index (χ0v) is 6.81. The number of phenolic OH excluding ortho intramolecular Hbond substituents is 3. The molecule has 1 aromatic carbocycles. The van der Waals surface area contributed by atoms with Crippen LogP contribution in [0.2, 0.25) is 0 Å². The molecule has 0 aliphatic carbocycles. The van der Waals surface area contributed by atoms with E-state index < -0.39 is 29.0 Å². The molecule has 0 aliphatic rings. The predicted molar refractivity (Wildman–Crippen MR) is 42.7 cm³/mol. The number of hydrogen-bond donors (Lipinski definition) is 3. The summed E-state index contributed by atoms with van der Waals surface area (Å²) in [6.07, 6.45) is 0. The molecule has 0 atom stereocenters. The first-order chi connectivity index (χ1) is 6.02. The molecular formula is C8H8O5. The van der Waals surface area contributed by atoms with Gasteiger partial charge in [-0.25, -0.2) is 0 Å². The van der Waals surface area contributed by atoms with Gasteiger partial charge in [-0.15, -0.1) is 0 Å². The highest BCUT2D eigenvalue weighted by atomic mass is 16.5. The van der Waals surface area contributed by atoms with E-state index in [1.165, 1.54) is 0 Å². The van der Waals surface area contributed by atoms with E-state index in [1.807, 2.05) is 0 Å². The number of rotatable bonds is 1. The summed E-state index contributed by atoms with van der Waals surface area (Å²) in [6, 6.07) is 2.19. The SMILES string of the molecule is CC(=O)Oc1c(O)ccc(O)c1O. The number of carbonyl (C=O) groups is 1. The third kappa shape index (κ3) is 1.81. The molecule has 0 aromatic heterocycles. The molecule has 13 heavy (non-hydrogen) atoms. The Morgan fingerprint density at radius 1 is 1.23 bits per heavy atom. The average molecular weight is 184 g/mol. The molecule has 0 amide bonds. The molecule has 0 spiro atoms. The summed E-state index contributed by atoms with van der Waals surface area (Å²) in [4.78, 5) is 10.5. The van der Waals surface area contributed by atoms with Crippen LogP contribution in [-0.2, 0) is 4.79 Å². The lowest BCUT2D eigenvalue weighted by molar-refractivity contribution is -0.132. The van der Waals surface area contributed by atoms with Crippen LogP contribution in [0.25, 0.3) is 0 Å². The van der Waals surface area contributed by atoms with E-state index in [0.29, 0.717) is 0 Å². The molecule has 0 radical (unpaired) electrons. The van der Waals surface area contributed by atoms with Crippen molar-refractivity contribution in [3.8, 4) is 23.0 Å². The fraction of sp³-hybridized carbons (Fsp3) is 0.125. The van der Waals surface area contributed by atoms with E-state index in [2.05, 4.69) is 4.74 Å². The van der Waals surface area contributed by atoms with Gasteiger partial charge in [0.2, 0.25) is 11.5 Å². The van der Waals surface area contributed by atoms with Gasteiger partial charge in [0.05, 0.1) is 0 Å². The minimum Gasteiger partial charge on any atom is -0.504 e. The highest BCUT2D eigenvalue weighted by Crippen LogP contribution is 2.41. The third-order valence-electron chi connectivity index (χ3n) is 1.34. The second-order valence-electron chi connectivity index (χ2n) is 2.38. The molecule has 3 N–H and O–H groups in total. The maximum absolute atomic E-state index is 10.5. The van der Waals surface area contributed by atoms with Crippen LogP contribution in [0, 0.1) is 0 Å². The minimum atomic E-state index is -0.698. The largest absolute Gasteiger partial charge is 0.504 e. The van der Waals surface area contributed by atoms with Gasteiger partial charge in [0, 0.05) is 6.92 Å². The van der Waals surface area contributed by atoms with Crippen molar-refractivity contribution in [2.45, 2.75) is 6.92 Å². The lowest BCUT2D eigenvalue weighted by Gasteiger charge is -2.06. The molecule has 1 rings (SSSR count). The Morgan fingerprint density at radius 2 is 1.77 bits per heavy atom. The quantitative estimate of drug-likeness (QED) is 0.259. The lowest BCUT2D eigenvalue weighted by atomic mass is 10.3. The number of esters is 1. The van der Waals surface area contributed by atoms with Crippen molar-refractivity contribution in [2.24, 2.45) is 0 Å². The van der Waals surface area contributed by atoms with Gasteiger partial charge in [0.1, 0.15) is 0 Å². The summed E-state index contributed by atoms with van der Waals surface area (Å²) in [5.74, 6) is -2.67. The molecular weight excluding hydrogens is 176 g/mol.